The third-order valence-corrected chi connectivity index (χ3v) is 2.96. The molecule has 0 aliphatic carbocycles. The van der Waals surface area contributed by atoms with Gasteiger partial charge in [-0.3, -0.25) is 4.79 Å². The Balaban J connectivity index is 0. The first-order valence-electron chi connectivity index (χ1n) is 7.72. The minimum atomic E-state index is -0.443. The SMILES string of the molecule is CCCNC(N)=O.CN([C-]=O)Cc1cc(NC(=O)CN)ccc1CO.[Fm]. The number of anilines is 1. The van der Waals surface area contributed by atoms with Crippen LogP contribution in [0.25, 0.3) is 0 Å². The summed E-state index contributed by atoms with van der Waals surface area (Å²) in [4.78, 5) is 32.8. The summed E-state index contributed by atoms with van der Waals surface area (Å²) in [5.41, 5.74) is 12.0. The number of aliphatic hydroxyl groups is 1. The van der Waals surface area contributed by atoms with Gasteiger partial charge in [0.05, 0.1) is 13.2 Å². The number of aliphatic hydroxyl groups excluding tert-OH is 1. The van der Waals surface area contributed by atoms with Gasteiger partial charge in [0, 0.05) is 18.8 Å². The van der Waals surface area contributed by atoms with E-state index in [1.807, 2.05) is 6.92 Å². The van der Waals surface area contributed by atoms with E-state index in [2.05, 4.69) is 10.6 Å². The van der Waals surface area contributed by atoms with Crippen molar-refractivity contribution in [2.75, 3.05) is 25.5 Å². The number of hydrogen-bond donors (Lipinski definition) is 5. The summed E-state index contributed by atoms with van der Waals surface area (Å²) in [7, 11) is 1.58. The summed E-state index contributed by atoms with van der Waals surface area (Å²) in [6, 6.07) is 4.63. The molecule has 1 rings (SSSR count). The van der Waals surface area contributed by atoms with E-state index < -0.39 is 6.03 Å². The molecule has 0 aromatic heterocycles. The van der Waals surface area contributed by atoms with Gasteiger partial charge in [-0.25, -0.2) is 4.79 Å². The van der Waals surface area contributed by atoms with E-state index in [4.69, 9.17) is 11.5 Å². The minimum absolute atomic E-state index is 0. The van der Waals surface area contributed by atoms with Crippen LogP contribution < -0.4 is 22.1 Å². The average molecular weight is 609 g/mol. The van der Waals surface area contributed by atoms with Gasteiger partial charge in [-0.05, 0) is 36.7 Å². The second-order valence-corrected chi connectivity index (χ2v) is 5.13. The van der Waals surface area contributed by atoms with Crippen molar-refractivity contribution < 1.29 is 19.5 Å². The zero-order valence-corrected chi connectivity index (χ0v) is 17.2. The van der Waals surface area contributed by atoms with Crippen LogP contribution in [-0.2, 0) is 22.7 Å². The number of carbonyl (C=O) groups is 2. The topological polar surface area (TPSA) is 151 Å². The molecule has 0 radical (unpaired) electrons. The maximum absolute atomic E-state index is 11.2. The number of benzene rings is 1. The smallest absolute Gasteiger partial charge is 0.312 e. The molecule has 10 heteroatoms. The van der Waals surface area contributed by atoms with Gasteiger partial charge in [0.15, 0.2) is 0 Å². The molecule has 1 aromatic carbocycles. The number of urea groups is 1. The van der Waals surface area contributed by atoms with Crippen molar-refractivity contribution in [2.24, 2.45) is 11.5 Å². The fourth-order valence-corrected chi connectivity index (χ4v) is 1.75. The Bertz CT molecular complexity index is 572. The zero-order chi connectivity index (χ0) is 19.2. The van der Waals surface area contributed by atoms with Gasteiger partial charge >= 0.3 is 6.03 Å². The monoisotopic (exact) mass is 609 g/mol. The number of hydrogen-bond acceptors (Lipinski definition) is 5. The van der Waals surface area contributed by atoms with Crippen LogP contribution in [0.4, 0.5) is 10.5 Å². The molecule has 0 saturated carbocycles. The van der Waals surface area contributed by atoms with Gasteiger partial charge in [-0.1, -0.05) is 13.0 Å². The van der Waals surface area contributed by atoms with Crippen LogP contribution in [0.3, 0.4) is 0 Å². The largest absolute Gasteiger partial charge is 0.520 e. The van der Waals surface area contributed by atoms with E-state index in [1.54, 1.807) is 31.7 Å². The number of rotatable bonds is 8. The molecule has 9 nitrogen and oxygen atoms in total. The second-order valence-electron chi connectivity index (χ2n) is 5.13. The number of amides is 4. The Kier molecular flexibility index (Phi) is 13.0. The van der Waals surface area contributed by atoms with Crippen LogP contribution in [0.1, 0.15) is 24.5 Å². The van der Waals surface area contributed by atoms with Gasteiger partial charge in [-0.2, -0.15) is 6.41 Å². The van der Waals surface area contributed by atoms with E-state index >= 15 is 0 Å². The van der Waals surface area contributed by atoms with E-state index in [0.29, 0.717) is 24.3 Å². The third-order valence-electron chi connectivity index (χ3n) is 2.96. The first-order valence-corrected chi connectivity index (χ1v) is 7.72. The Morgan fingerprint density at radius 1 is 1.31 bits per heavy atom. The number of nitrogens with zero attached hydrogens (tertiary/aromatic N) is 1. The number of primary amides is 1. The predicted molar refractivity (Wildman–Crippen MR) is 95.1 cm³/mol. The molecule has 0 atom stereocenters. The Labute approximate surface area is 147 Å². The molecule has 0 bridgehead atoms. The molecular weight excluding hydrogens is 583 g/mol. The molecule has 152 valence electrons. The molecule has 0 fully saturated rings. The van der Waals surface area contributed by atoms with E-state index in [9.17, 15) is 19.5 Å². The quantitative estimate of drug-likeness (QED) is 0.202. The molecule has 0 unspecified atom stereocenters. The van der Waals surface area contributed by atoms with Crippen LogP contribution >= 0.6 is 0 Å². The van der Waals surface area contributed by atoms with Crippen LogP contribution in [0.2, 0.25) is 0 Å². The van der Waals surface area contributed by atoms with Crippen LogP contribution in [-0.4, -0.2) is 48.5 Å². The molecule has 0 aliphatic rings. The Hall–Kier alpha value is -3.65. The van der Waals surface area contributed by atoms with Crippen LogP contribution in [0, 0.1) is 0 Å². The number of nitrogens with one attached hydrogen (secondary N) is 2. The molecule has 0 saturated heterocycles. The summed E-state index contributed by atoms with van der Waals surface area (Å²) >= 11 is 0. The third kappa shape index (κ3) is 10.2. The molecule has 7 N–H and O–H groups in total. The van der Waals surface area contributed by atoms with Crippen molar-refractivity contribution in [1.29, 1.82) is 0 Å². The molecule has 0 heterocycles. The summed E-state index contributed by atoms with van der Waals surface area (Å²) in [6.45, 7) is 2.73. The van der Waals surface area contributed by atoms with Gasteiger partial charge in [0.25, 0.3) is 0 Å². The maximum Gasteiger partial charge on any atom is 0.312 e. The summed E-state index contributed by atoms with van der Waals surface area (Å²) in [5.74, 6) is -0.298. The van der Waals surface area contributed by atoms with Crippen LogP contribution in [0.15, 0.2) is 18.2 Å². The molecule has 4 amide bonds. The Morgan fingerprint density at radius 3 is 2.38 bits per heavy atom. The van der Waals surface area contributed by atoms with Gasteiger partial charge < -0.3 is 36.9 Å². The van der Waals surface area contributed by atoms with E-state index in [1.165, 1.54) is 4.90 Å². The second kappa shape index (κ2) is 13.8. The maximum atomic E-state index is 11.2. The average Bonchev–Trinajstić information content (AvgIpc) is 2.60. The van der Waals surface area contributed by atoms with E-state index in [0.717, 1.165) is 12.0 Å². The van der Waals surface area contributed by atoms with Gasteiger partial charge in [0.2, 0.25) is 5.91 Å². The van der Waals surface area contributed by atoms with Crippen molar-refractivity contribution in [3.05, 3.63) is 29.3 Å². The fraction of sp³-hybridized carbons (Fsp3) is 0.438. The molecule has 1 aromatic rings. The molecule has 26 heavy (non-hydrogen) atoms. The van der Waals surface area contributed by atoms with Crippen molar-refractivity contribution in [1.82, 2.24) is 10.2 Å². The van der Waals surface area contributed by atoms with Crippen molar-refractivity contribution in [2.45, 2.75) is 26.5 Å². The molecule has 0 aliphatic heterocycles. The summed E-state index contributed by atoms with van der Waals surface area (Å²) in [5, 5.41) is 14.2. The van der Waals surface area contributed by atoms with Crippen LogP contribution in [0.5, 0.6) is 0 Å². The molecular formula is C16H26FmN5O4-. The number of nitrogens with two attached hydrogens (primary N) is 2. The first kappa shape index (κ1) is 24.6. The fourth-order valence-electron chi connectivity index (χ4n) is 1.75. The van der Waals surface area contributed by atoms with Crippen molar-refractivity contribution in [3.8, 4) is 0 Å². The van der Waals surface area contributed by atoms with Gasteiger partial charge in [-0.15, -0.1) is 0 Å². The molecule has 0 spiro atoms. The van der Waals surface area contributed by atoms with Crippen molar-refractivity contribution in [3.63, 3.8) is 0 Å². The zero-order valence-electron chi connectivity index (χ0n) is 14.8. The summed E-state index contributed by atoms with van der Waals surface area (Å²) in [6.07, 6.45) is 2.66. The Morgan fingerprint density at radius 2 is 1.96 bits per heavy atom. The minimum Gasteiger partial charge on any atom is -0.520 e. The first-order chi connectivity index (χ1) is 11.9. The predicted octanol–water partition coefficient (Wildman–Crippen LogP) is -0.360. The van der Waals surface area contributed by atoms with Crippen molar-refractivity contribution >= 4 is 24.0 Å². The normalized spacial score (nSPS) is 9.08. The number of carbonyl (C=O) groups excluding carboxylic acids is 3. The standard InChI is InChI=1S/C12H16N3O3.C4H10N2O.Fm/c1-15(8-17)6-10-4-11(14-12(18)5-13)3-2-9(10)7-16;1-2-3-6-4(5)7;/h2-4,16H,5-7,13H2,1H3,(H,14,18);2-3H2,1H3,(H3,5,6,7);/q-1;;. The van der Waals surface area contributed by atoms with E-state index in [-0.39, 0.29) is 19.1 Å². The summed E-state index contributed by atoms with van der Waals surface area (Å²) < 4.78 is 0. The van der Waals surface area contributed by atoms with Gasteiger partial charge in [0.1, 0.15) is 0 Å².